The molecule has 0 saturated carbocycles. The number of nitro groups is 1. The maximum atomic E-state index is 12.4. The zero-order chi connectivity index (χ0) is 21.7. The van der Waals surface area contributed by atoms with E-state index >= 15 is 0 Å². The SMILES string of the molecule is O=C(O)c1cc(OCC(=O)N2CCN(Cc3ccc(Cl)cc3)CC2)ccc1[N+](=O)[O-]. The number of piperazine rings is 1. The molecule has 0 aromatic heterocycles. The van der Waals surface area contributed by atoms with Crippen molar-refractivity contribution in [3.05, 3.63) is 68.7 Å². The Bertz CT molecular complexity index is 942. The van der Waals surface area contributed by atoms with E-state index in [1.54, 1.807) is 4.90 Å². The number of ether oxygens (including phenoxy) is 1. The van der Waals surface area contributed by atoms with Crippen molar-refractivity contribution < 1.29 is 24.4 Å². The van der Waals surface area contributed by atoms with Crippen molar-refractivity contribution in [2.24, 2.45) is 0 Å². The molecule has 3 rings (SSSR count). The fourth-order valence-electron chi connectivity index (χ4n) is 3.18. The number of hydrogen-bond acceptors (Lipinski definition) is 6. The average molecular weight is 434 g/mol. The third-order valence-electron chi connectivity index (χ3n) is 4.80. The molecule has 1 saturated heterocycles. The van der Waals surface area contributed by atoms with Crippen molar-refractivity contribution in [1.82, 2.24) is 9.80 Å². The summed E-state index contributed by atoms with van der Waals surface area (Å²) >= 11 is 5.90. The van der Waals surface area contributed by atoms with Gasteiger partial charge in [-0.05, 0) is 23.8 Å². The highest BCUT2D eigenvalue weighted by Gasteiger charge is 2.23. The van der Waals surface area contributed by atoms with Crippen LogP contribution in [0.25, 0.3) is 0 Å². The zero-order valence-electron chi connectivity index (χ0n) is 16.0. The first-order valence-corrected chi connectivity index (χ1v) is 9.60. The van der Waals surface area contributed by atoms with E-state index in [2.05, 4.69) is 4.90 Å². The number of aromatic carboxylic acids is 1. The zero-order valence-corrected chi connectivity index (χ0v) is 16.7. The topological polar surface area (TPSA) is 113 Å². The Morgan fingerprint density at radius 3 is 2.37 bits per heavy atom. The van der Waals surface area contributed by atoms with Crippen LogP contribution in [0.15, 0.2) is 42.5 Å². The fraction of sp³-hybridized carbons (Fsp3) is 0.300. The summed E-state index contributed by atoms with van der Waals surface area (Å²) in [6.07, 6.45) is 0. The van der Waals surface area contributed by atoms with E-state index in [4.69, 9.17) is 21.4 Å². The van der Waals surface area contributed by atoms with E-state index in [0.717, 1.165) is 37.3 Å². The van der Waals surface area contributed by atoms with Crippen LogP contribution in [0.3, 0.4) is 0 Å². The third kappa shape index (κ3) is 5.46. The van der Waals surface area contributed by atoms with E-state index in [9.17, 15) is 19.7 Å². The van der Waals surface area contributed by atoms with Gasteiger partial charge in [0.05, 0.1) is 4.92 Å². The molecule has 0 spiro atoms. The number of nitro benzene ring substituents is 1. The van der Waals surface area contributed by atoms with Crippen LogP contribution in [-0.4, -0.2) is 64.5 Å². The lowest BCUT2D eigenvalue weighted by atomic mass is 10.1. The maximum Gasteiger partial charge on any atom is 0.342 e. The Morgan fingerprint density at radius 2 is 1.77 bits per heavy atom. The van der Waals surface area contributed by atoms with Crippen LogP contribution < -0.4 is 4.74 Å². The van der Waals surface area contributed by atoms with Gasteiger partial charge in [0.25, 0.3) is 11.6 Å². The van der Waals surface area contributed by atoms with Crippen LogP contribution in [0.4, 0.5) is 5.69 Å². The van der Waals surface area contributed by atoms with Crippen LogP contribution in [0, 0.1) is 10.1 Å². The number of amides is 1. The molecule has 0 atom stereocenters. The quantitative estimate of drug-likeness (QED) is 0.527. The highest BCUT2D eigenvalue weighted by Crippen LogP contribution is 2.24. The summed E-state index contributed by atoms with van der Waals surface area (Å²) in [5.74, 6) is -1.57. The molecule has 0 radical (unpaired) electrons. The molecule has 10 heteroatoms. The largest absolute Gasteiger partial charge is 0.484 e. The second-order valence-corrected chi connectivity index (χ2v) is 7.25. The van der Waals surface area contributed by atoms with Gasteiger partial charge in [-0.3, -0.25) is 19.8 Å². The summed E-state index contributed by atoms with van der Waals surface area (Å²) in [5, 5.41) is 20.7. The van der Waals surface area contributed by atoms with Crippen molar-refractivity contribution in [2.45, 2.75) is 6.54 Å². The first-order chi connectivity index (χ1) is 14.3. The number of carboxylic acid groups (broad SMARTS) is 1. The monoisotopic (exact) mass is 433 g/mol. The molecule has 2 aromatic carbocycles. The van der Waals surface area contributed by atoms with Crippen LogP contribution in [-0.2, 0) is 11.3 Å². The third-order valence-corrected chi connectivity index (χ3v) is 5.05. The number of carbonyl (C=O) groups is 2. The minimum absolute atomic E-state index is 0.0905. The predicted octanol–water partition coefficient (Wildman–Crippen LogP) is 2.67. The van der Waals surface area contributed by atoms with E-state index in [-0.39, 0.29) is 18.3 Å². The predicted molar refractivity (Wildman–Crippen MR) is 109 cm³/mol. The van der Waals surface area contributed by atoms with Gasteiger partial charge in [-0.1, -0.05) is 23.7 Å². The Labute approximate surface area is 177 Å². The lowest BCUT2D eigenvalue weighted by Gasteiger charge is -2.34. The molecule has 1 aliphatic heterocycles. The Morgan fingerprint density at radius 1 is 1.10 bits per heavy atom. The molecule has 1 fully saturated rings. The number of carbonyl (C=O) groups excluding carboxylic acids is 1. The number of rotatable bonds is 7. The number of hydrogen-bond donors (Lipinski definition) is 1. The number of benzene rings is 2. The summed E-state index contributed by atoms with van der Waals surface area (Å²) in [6.45, 7) is 3.04. The lowest BCUT2D eigenvalue weighted by Crippen LogP contribution is -2.49. The Balaban J connectivity index is 1.50. The standard InChI is InChI=1S/C20H20ClN3O6/c21-15-3-1-14(2-4-15)12-22-7-9-23(10-8-22)19(25)13-30-16-5-6-18(24(28)29)17(11-16)20(26)27/h1-6,11H,7-10,12-13H2,(H,26,27). The van der Waals surface area contributed by atoms with Gasteiger partial charge in [-0.2, -0.15) is 0 Å². The molecular weight excluding hydrogens is 414 g/mol. The van der Waals surface area contributed by atoms with Crippen molar-refractivity contribution in [1.29, 1.82) is 0 Å². The van der Waals surface area contributed by atoms with Gasteiger partial charge in [0.2, 0.25) is 0 Å². The smallest absolute Gasteiger partial charge is 0.342 e. The second-order valence-electron chi connectivity index (χ2n) is 6.81. The fourth-order valence-corrected chi connectivity index (χ4v) is 3.30. The summed E-state index contributed by atoms with van der Waals surface area (Å²) in [4.78, 5) is 37.7. The molecule has 0 aliphatic carbocycles. The summed E-state index contributed by atoms with van der Waals surface area (Å²) in [7, 11) is 0. The first-order valence-electron chi connectivity index (χ1n) is 9.22. The van der Waals surface area contributed by atoms with Crippen molar-refractivity contribution in [2.75, 3.05) is 32.8 Å². The molecule has 1 N–H and O–H groups in total. The van der Waals surface area contributed by atoms with Gasteiger partial charge < -0.3 is 14.7 Å². The van der Waals surface area contributed by atoms with Crippen molar-refractivity contribution in [3.8, 4) is 5.75 Å². The molecule has 30 heavy (non-hydrogen) atoms. The Hall–Kier alpha value is -3.17. The van der Waals surface area contributed by atoms with Gasteiger partial charge >= 0.3 is 5.97 Å². The molecule has 0 unspecified atom stereocenters. The highest BCUT2D eigenvalue weighted by atomic mass is 35.5. The molecule has 1 aliphatic rings. The van der Waals surface area contributed by atoms with E-state index in [1.807, 2.05) is 24.3 Å². The van der Waals surface area contributed by atoms with Crippen molar-refractivity contribution in [3.63, 3.8) is 0 Å². The second kappa shape index (κ2) is 9.55. The summed E-state index contributed by atoms with van der Waals surface area (Å²) in [5.41, 5.74) is 0.133. The molecule has 0 bridgehead atoms. The molecule has 1 heterocycles. The van der Waals surface area contributed by atoms with Crippen LogP contribution >= 0.6 is 11.6 Å². The molecule has 1 amide bonds. The van der Waals surface area contributed by atoms with E-state index in [0.29, 0.717) is 18.1 Å². The maximum absolute atomic E-state index is 12.4. The van der Waals surface area contributed by atoms with Crippen molar-refractivity contribution >= 4 is 29.2 Å². The van der Waals surface area contributed by atoms with Gasteiger partial charge in [0.1, 0.15) is 11.3 Å². The first kappa shape index (κ1) is 21.5. The minimum Gasteiger partial charge on any atom is -0.484 e. The average Bonchev–Trinajstić information content (AvgIpc) is 2.74. The lowest BCUT2D eigenvalue weighted by molar-refractivity contribution is -0.385. The van der Waals surface area contributed by atoms with E-state index in [1.165, 1.54) is 6.07 Å². The molecule has 158 valence electrons. The number of carboxylic acids is 1. The van der Waals surface area contributed by atoms with Gasteiger partial charge in [0, 0.05) is 49.9 Å². The summed E-state index contributed by atoms with van der Waals surface area (Å²) in [6, 6.07) is 11.0. The molecule has 2 aromatic rings. The minimum atomic E-state index is -1.43. The van der Waals surface area contributed by atoms with E-state index < -0.39 is 22.1 Å². The number of halogens is 1. The van der Waals surface area contributed by atoms with Gasteiger partial charge in [-0.25, -0.2) is 4.79 Å². The van der Waals surface area contributed by atoms with Crippen LogP contribution in [0.2, 0.25) is 5.02 Å². The Kier molecular flexibility index (Phi) is 6.86. The van der Waals surface area contributed by atoms with Crippen LogP contribution in [0.1, 0.15) is 15.9 Å². The number of nitrogens with zero attached hydrogens (tertiary/aromatic N) is 3. The highest BCUT2D eigenvalue weighted by molar-refractivity contribution is 6.30. The molecular formula is C20H20ClN3O6. The van der Waals surface area contributed by atoms with Crippen LogP contribution in [0.5, 0.6) is 5.75 Å². The normalized spacial score (nSPS) is 14.4. The molecule has 9 nitrogen and oxygen atoms in total. The summed E-state index contributed by atoms with van der Waals surface area (Å²) < 4.78 is 5.38. The van der Waals surface area contributed by atoms with Gasteiger partial charge in [0.15, 0.2) is 6.61 Å². The van der Waals surface area contributed by atoms with Gasteiger partial charge in [-0.15, -0.1) is 0 Å².